The van der Waals surface area contributed by atoms with Gasteiger partial charge in [0.15, 0.2) is 5.82 Å². The molecule has 1 fully saturated rings. The summed E-state index contributed by atoms with van der Waals surface area (Å²) >= 11 is 0. The maximum absolute atomic E-state index is 12.9. The van der Waals surface area contributed by atoms with Crippen molar-refractivity contribution in [2.75, 3.05) is 20.3 Å². The zero-order chi connectivity index (χ0) is 22.0. The maximum atomic E-state index is 12.9. The number of nitrogens with zero attached hydrogens (tertiary/aromatic N) is 3. The Bertz CT molecular complexity index is 664. The Hall–Kier alpha value is -1.96. The molecule has 8 heteroatoms. The van der Waals surface area contributed by atoms with Crippen LogP contribution in [0.25, 0.3) is 0 Å². The molecule has 0 atom stereocenters. The molecule has 1 saturated carbocycles. The lowest BCUT2D eigenvalue weighted by Gasteiger charge is -2.30. The van der Waals surface area contributed by atoms with E-state index in [4.69, 9.17) is 9.26 Å². The molecule has 0 unspecified atom stereocenters. The van der Waals surface area contributed by atoms with Crippen LogP contribution in [-0.4, -0.2) is 53.2 Å². The molecule has 0 bridgehead atoms. The average molecular weight is 423 g/mol. The summed E-state index contributed by atoms with van der Waals surface area (Å²) in [7, 11) is 1.65. The van der Waals surface area contributed by atoms with Crippen molar-refractivity contribution in [1.82, 2.24) is 20.4 Å². The van der Waals surface area contributed by atoms with Crippen molar-refractivity contribution < 1.29 is 18.8 Å². The number of rotatable bonds is 11. The van der Waals surface area contributed by atoms with Gasteiger partial charge in [-0.15, -0.1) is 0 Å². The highest BCUT2D eigenvalue weighted by atomic mass is 16.5. The quantitative estimate of drug-likeness (QED) is 0.549. The number of nitrogens with one attached hydrogen (secondary N) is 1. The van der Waals surface area contributed by atoms with Crippen molar-refractivity contribution in [3.8, 4) is 0 Å². The van der Waals surface area contributed by atoms with Crippen LogP contribution < -0.4 is 5.32 Å². The second-order valence-corrected chi connectivity index (χ2v) is 8.24. The van der Waals surface area contributed by atoms with E-state index in [9.17, 15) is 9.59 Å². The number of hydrogen-bond acceptors (Lipinski definition) is 6. The van der Waals surface area contributed by atoms with Gasteiger partial charge in [-0.3, -0.25) is 9.59 Å². The van der Waals surface area contributed by atoms with Crippen LogP contribution in [0.5, 0.6) is 0 Å². The first-order chi connectivity index (χ1) is 14.5. The first-order valence-electron chi connectivity index (χ1n) is 11.4. The number of hydrogen-bond donors (Lipinski definition) is 1. The van der Waals surface area contributed by atoms with Crippen molar-refractivity contribution in [2.45, 2.75) is 96.6 Å². The second kappa shape index (κ2) is 12.0. The molecule has 1 heterocycles. The molecule has 1 aliphatic carbocycles. The molecule has 0 aliphatic heterocycles. The summed E-state index contributed by atoms with van der Waals surface area (Å²) in [4.78, 5) is 31.2. The number of carbonyl (C=O) groups is 2. The summed E-state index contributed by atoms with van der Waals surface area (Å²) in [6.45, 7) is 6.83. The molecule has 0 aromatic carbocycles. The van der Waals surface area contributed by atoms with Gasteiger partial charge in [0.05, 0.1) is 6.61 Å². The van der Waals surface area contributed by atoms with Crippen molar-refractivity contribution >= 4 is 11.8 Å². The van der Waals surface area contributed by atoms with Gasteiger partial charge < -0.3 is 19.5 Å². The summed E-state index contributed by atoms with van der Waals surface area (Å²) < 4.78 is 10.7. The number of carbonyl (C=O) groups excluding carboxylic acids is 2. The van der Waals surface area contributed by atoms with E-state index in [1.54, 1.807) is 7.11 Å². The molecule has 1 aromatic rings. The van der Waals surface area contributed by atoms with Crippen molar-refractivity contribution in [3.63, 3.8) is 0 Å². The lowest BCUT2D eigenvalue weighted by molar-refractivity contribution is -0.134. The minimum absolute atomic E-state index is 0.0755. The maximum Gasteiger partial charge on any atom is 0.227 e. The van der Waals surface area contributed by atoms with Crippen LogP contribution in [0.2, 0.25) is 0 Å². The Kier molecular flexibility index (Phi) is 9.75. The predicted molar refractivity (Wildman–Crippen MR) is 114 cm³/mol. The Morgan fingerprint density at radius 3 is 2.43 bits per heavy atom. The fourth-order valence-electron chi connectivity index (χ4n) is 4.41. The van der Waals surface area contributed by atoms with Gasteiger partial charge in [0.1, 0.15) is 5.54 Å². The van der Waals surface area contributed by atoms with Crippen molar-refractivity contribution in [2.24, 2.45) is 0 Å². The summed E-state index contributed by atoms with van der Waals surface area (Å²) in [5, 5.41) is 7.29. The van der Waals surface area contributed by atoms with Crippen molar-refractivity contribution in [3.05, 3.63) is 11.7 Å². The highest BCUT2D eigenvalue weighted by molar-refractivity contribution is 5.76. The molecule has 2 amide bonds. The van der Waals surface area contributed by atoms with Gasteiger partial charge in [-0.2, -0.15) is 4.98 Å². The van der Waals surface area contributed by atoms with Crippen LogP contribution in [0, 0.1) is 0 Å². The van der Waals surface area contributed by atoms with E-state index in [-0.39, 0.29) is 17.9 Å². The van der Waals surface area contributed by atoms with Crippen molar-refractivity contribution in [1.29, 1.82) is 0 Å². The lowest BCUT2D eigenvalue weighted by Crippen LogP contribution is -2.45. The number of aromatic nitrogens is 2. The predicted octanol–water partition coefficient (Wildman–Crippen LogP) is 3.35. The summed E-state index contributed by atoms with van der Waals surface area (Å²) in [5.41, 5.74) is -0.561. The highest BCUT2D eigenvalue weighted by Crippen LogP contribution is 2.34. The second-order valence-electron chi connectivity index (χ2n) is 8.24. The van der Waals surface area contributed by atoms with Crippen LogP contribution in [0.3, 0.4) is 0 Å². The van der Waals surface area contributed by atoms with E-state index in [1.165, 1.54) is 6.92 Å². The summed E-state index contributed by atoms with van der Waals surface area (Å²) in [6.07, 6.45) is 8.49. The SMILES string of the molecule is CCC(CC)N(CCOC)C(=O)CCc1nc(C2(NC(C)=O)CCCCCC2)no1. The number of amides is 2. The minimum Gasteiger partial charge on any atom is -0.383 e. The van der Waals surface area contributed by atoms with Gasteiger partial charge in [-0.25, -0.2) is 0 Å². The molecule has 170 valence electrons. The molecular formula is C22H38N4O4. The molecule has 0 radical (unpaired) electrons. The van der Waals surface area contributed by atoms with Gasteiger partial charge in [-0.05, 0) is 25.7 Å². The molecular weight excluding hydrogens is 384 g/mol. The topological polar surface area (TPSA) is 97.6 Å². The van der Waals surface area contributed by atoms with Crippen LogP contribution in [0.15, 0.2) is 4.52 Å². The van der Waals surface area contributed by atoms with Gasteiger partial charge >= 0.3 is 0 Å². The highest BCUT2D eigenvalue weighted by Gasteiger charge is 2.38. The molecule has 0 saturated heterocycles. The molecule has 1 aliphatic rings. The molecule has 1 aromatic heterocycles. The molecule has 2 rings (SSSR count). The lowest BCUT2D eigenvalue weighted by atomic mass is 9.89. The normalized spacial score (nSPS) is 16.3. The molecule has 30 heavy (non-hydrogen) atoms. The van der Waals surface area contributed by atoms with Gasteiger partial charge in [-0.1, -0.05) is 44.7 Å². The summed E-state index contributed by atoms with van der Waals surface area (Å²) in [6, 6.07) is 0.208. The minimum atomic E-state index is -0.561. The van der Waals surface area contributed by atoms with E-state index in [0.717, 1.165) is 51.4 Å². The van der Waals surface area contributed by atoms with Crippen LogP contribution >= 0.6 is 0 Å². The Labute approximate surface area is 180 Å². The van der Waals surface area contributed by atoms with Gasteiger partial charge in [0, 0.05) is 39.5 Å². The Morgan fingerprint density at radius 1 is 1.20 bits per heavy atom. The Balaban J connectivity index is 2.07. The van der Waals surface area contributed by atoms with Crippen LogP contribution in [0.4, 0.5) is 0 Å². The largest absolute Gasteiger partial charge is 0.383 e. The van der Waals surface area contributed by atoms with Gasteiger partial charge in [0.2, 0.25) is 17.7 Å². The van der Waals surface area contributed by atoms with E-state index in [2.05, 4.69) is 29.3 Å². The third-order valence-corrected chi connectivity index (χ3v) is 6.06. The number of ether oxygens (including phenoxy) is 1. The fourth-order valence-corrected chi connectivity index (χ4v) is 4.41. The molecule has 1 N–H and O–H groups in total. The smallest absolute Gasteiger partial charge is 0.227 e. The number of aryl methyl sites for hydroxylation is 1. The zero-order valence-electron chi connectivity index (χ0n) is 19.0. The molecule has 0 spiro atoms. The average Bonchev–Trinajstić information content (AvgIpc) is 3.09. The Morgan fingerprint density at radius 2 is 1.87 bits per heavy atom. The van der Waals surface area contributed by atoms with E-state index >= 15 is 0 Å². The number of methoxy groups -OCH3 is 1. The zero-order valence-corrected chi connectivity index (χ0v) is 19.0. The van der Waals surface area contributed by atoms with Crippen LogP contribution in [0.1, 0.15) is 90.3 Å². The van der Waals surface area contributed by atoms with Gasteiger partial charge in [0.25, 0.3) is 0 Å². The summed E-state index contributed by atoms with van der Waals surface area (Å²) in [5.74, 6) is 0.978. The molecule has 8 nitrogen and oxygen atoms in total. The standard InChI is InChI=1S/C22H38N4O4/c1-5-18(6-2)26(15-16-29-4)20(28)12-11-19-23-21(25-30-19)22(24-17(3)27)13-9-7-8-10-14-22/h18H,5-16H2,1-4H3,(H,24,27). The fraction of sp³-hybridized carbons (Fsp3) is 0.818. The first kappa shape index (κ1) is 24.3. The van der Waals surface area contributed by atoms with E-state index in [1.807, 2.05) is 4.90 Å². The van der Waals surface area contributed by atoms with Crippen LogP contribution in [-0.2, 0) is 26.3 Å². The first-order valence-corrected chi connectivity index (χ1v) is 11.4. The third-order valence-electron chi connectivity index (χ3n) is 6.06. The van der Waals surface area contributed by atoms with E-state index < -0.39 is 5.54 Å². The third kappa shape index (κ3) is 6.52. The monoisotopic (exact) mass is 422 g/mol. The van der Waals surface area contributed by atoms with E-state index in [0.29, 0.717) is 37.7 Å².